The minimum absolute atomic E-state index is 0.828. The van der Waals surface area contributed by atoms with Crippen molar-refractivity contribution in [2.45, 2.75) is 40.0 Å². The maximum absolute atomic E-state index is 4.52. The van der Waals surface area contributed by atoms with Crippen LogP contribution in [-0.4, -0.2) is 23.1 Å². The third kappa shape index (κ3) is 2.76. The quantitative estimate of drug-likeness (QED) is 0.800. The summed E-state index contributed by atoms with van der Waals surface area (Å²) in [6.07, 6.45) is 5.75. The Labute approximate surface area is 104 Å². The number of anilines is 1. The first kappa shape index (κ1) is 12.3. The van der Waals surface area contributed by atoms with E-state index >= 15 is 0 Å². The van der Waals surface area contributed by atoms with E-state index in [0.29, 0.717) is 0 Å². The van der Waals surface area contributed by atoms with Crippen LogP contribution >= 0.6 is 0 Å². The molecule has 17 heavy (non-hydrogen) atoms. The van der Waals surface area contributed by atoms with Gasteiger partial charge in [0, 0.05) is 25.0 Å². The number of rotatable bonds is 4. The third-order valence-electron chi connectivity index (χ3n) is 4.01. The molecule has 0 aliphatic carbocycles. The fraction of sp³-hybridized carbons (Fsp3) is 0.714. The molecule has 0 amide bonds. The smallest absolute Gasteiger partial charge is 0.225 e. The highest BCUT2D eigenvalue weighted by molar-refractivity contribution is 5.31. The fourth-order valence-corrected chi connectivity index (χ4v) is 2.90. The molecule has 2 rings (SSSR count). The van der Waals surface area contributed by atoms with Crippen LogP contribution in [0.2, 0.25) is 0 Å². The van der Waals surface area contributed by atoms with Crippen LogP contribution in [0.15, 0.2) is 12.3 Å². The number of hydrogen-bond donors (Lipinski definition) is 0. The lowest BCUT2D eigenvalue weighted by atomic mass is 9.87. The van der Waals surface area contributed by atoms with Crippen molar-refractivity contribution in [2.24, 2.45) is 11.8 Å². The van der Waals surface area contributed by atoms with Gasteiger partial charge in [0.2, 0.25) is 5.95 Å². The summed E-state index contributed by atoms with van der Waals surface area (Å²) in [6, 6.07) is 1.96. The average molecular weight is 233 g/mol. The maximum Gasteiger partial charge on any atom is 0.225 e. The van der Waals surface area contributed by atoms with Crippen molar-refractivity contribution in [3.05, 3.63) is 18.0 Å². The van der Waals surface area contributed by atoms with Crippen molar-refractivity contribution in [3.63, 3.8) is 0 Å². The van der Waals surface area contributed by atoms with E-state index in [9.17, 15) is 0 Å². The van der Waals surface area contributed by atoms with Crippen molar-refractivity contribution in [1.82, 2.24) is 9.97 Å². The van der Waals surface area contributed by atoms with Gasteiger partial charge >= 0.3 is 0 Å². The molecule has 1 atom stereocenters. The Morgan fingerprint density at radius 2 is 2.18 bits per heavy atom. The molecule has 1 aliphatic heterocycles. The van der Waals surface area contributed by atoms with E-state index < -0.39 is 0 Å². The van der Waals surface area contributed by atoms with Gasteiger partial charge in [-0.1, -0.05) is 26.7 Å². The van der Waals surface area contributed by atoms with E-state index in [4.69, 9.17) is 0 Å². The average Bonchev–Trinajstić information content (AvgIpc) is 2.80. The standard InChI is InChI=1S/C14H23N3/c1-4-12(5-2)13-7-9-17(10-13)14-15-8-6-11(3)16-14/h6,8,12-13H,4-5,7,9-10H2,1-3H3. The predicted octanol–water partition coefficient (Wildman–Crippen LogP) is 3.05. The van der Waals surface area contributed by atoms with Crippen LogP contribution in [0, 0.1) is 18.8 Å². The molecule has 0 radical (unpaired) electrons. The molecule has 1 aliphatic rings. The number of aryl methyl sites for hydroxylation is 1. The zero-order valence-electron chi connectivity index (χ0n) is 11.2. The third-order valence-corrected chi connectivity index (χ3v) is 4.01. The Balaban J connectivity index is 2.02. The van der Waals surface area contributed by atoms with Gasteiger partial charge in [0.25, 0.3) is 0 Å². The summed E-state index contributed by atoms with van der Waals surface area (Å²) in [5, 5.41) is 0. The monoisotopic (exact) mass is 233 g/mol. The molecule has 1 aromatic heterocycles. The molecular weight excluding hydrogens is 210 g/mol. The van der Waals surface area contributed by atoms with Gasteiger partial charge in [0.05, 0.1) is 0 Å². The van der Waals surface area contributed by atoms with Crippen LogP contribution in [0.1, 0.15) is 38.8 Å². The summed E-state index contributed by atoms with van der Waals surface area (Å²) in [7, 11) is 0. The Morgan fingerprint density at radius 1 is 1.41 bits per heavy atom. The van der Waals surface area contributed by atoms with Crippen LogP contribution in [0.5, 0.6) is 0 Å². The Hall–Kier alpha value is -1.12. The van der Waals surface area contributed by atoms with Crippen molar-refractivity contribution in [3.8, 4) is 0 Å². The summed E-state index contributed by atoms with van der Waals surface area (Å²) in [5.74, 6) is 2.61. The SMILES string of the molecule is CCC(CC)C1CCN(c2nccc(C)n2)C1. The predicted molar refractivity (Wildman–Crippen MR) is 71.2 cm³/mol. The molecule has 1 saturated heterocycles. The van der Waals surface area contributed by atoms with Crippen molar-refractivity contribution < 1.29 is 0 Å². The first-order valence-electron chi connectivity index (χ1n) is 6.79. The Bertz CT molecular complexity index is 360. The fourth-order valence-electron chi connectivity index (χ4n) is 2.90. The molecule has 0 saturated carbocycles. The van der Waals surface area contributed by atoms with E-state index in [0.717, 1.165) is 36.6 Å². The lowest BCUT2D eigenvalue weighted by Crippen LogP contribution is -2.24. The summed E-state index contributed by atoms with van der Waals surface area (Å²) in [4.78, 5) is 11.2. The summed E-state index contributed by atoms with van der Waals surface area (Å²) in [6.45, 7) is 8.89. The molecule has 0 N–H and O–H groups in total. The van der Waals surface area contributed by atoms with Gasteiger partial charge in [-0.3, -0.25) is 0 Å². The van der Waals surface area contributed by atoms with Gasteiger partial charge in [0.1, 0.15) is 0 Å². The minimum Gasteiger partial charge on any atom is -0.341 e. The van der Waals surface area contributed by atoms with Crippen molar-refractivity contribution in [2.75, 3.05) is 18.0 Å². The summed E-state index contributed by atoms with van der Waals surface area (Å²) >= 11 is 0. The van der Waals surface area contributed by atoms with E-state index in [1.807, 2.05) is 19.2 Å². The van der Waals surface area contributed by atoms with Crippen LogP contribution in [0.4, 0.5) is 5.95 Å². The zero-order chi connectivity index (χ0) is 12.3. The highest BCUT2D eigenvalue weighted by atomic mass is 15.3. The van der Waals surface area contributed by atoms with Gasteiger partial charge in [-0.2, -0.15) is 0 Å². The minimum atomic E-state index is 0.828. The molecule has 0 bridgehead atoms. The second kappa shape index (κ2) is 5.48. The van der Waals surface area contributed by atoms with Crippen LogP contribution in [-0.2, 0) is 0 Å². The van der Waals surface area contributed by atoms with Crippen molar-refractivity contribution >= 4 is 5.95 Å². The lowest BCUT2D eigenvalue weighted by Gasteiger charge is -2.21. The maximum atomic E-state index is 4.52. The molecule has 1 unspecified atom stereocenters. The first-order chi connectivity index (χ1) is 8.24. The molecule has 2 heterocycles. The van der Waals surface area contributed by atoms with Crippen molar-refractivity contribution in [1.29, 1.82) is 0 Å². The van der Waals surface area contributed by atoms with Gasteiger partial charge in [-0.25, -0.2) is 9.97 Å². The van der Waals surface area contributed by atoms with E-state index in [-0.39, 0.29) is 0 Å². The normalized spacial score (nSPS) is 20.2. The van der Waals surface area contributed by atoms with E-state index in [1.165, 1.54) is 19.3 Å². The largest absolute Gasteiger partial charge is 0.341 e. The zero-order valence-corrected chi connectivity index (χ0v) is 11.2. The second-order valence-corrected chi connectivity index (χ2v) is 5.07. The molecule has 0 aromatic carbocycles. The molecule has 1 fully saturated rings. The second-order valence-electron chi connectivity index (χ2n) is 5.07. The van der Waals surface area contributed by atoms with Gasteiger partial charge in [-0.15, -0.1) is 0 Å². The molecule has 3 heteroatoms. The van der Waals surface area contributed by atoms with Crippen LogP contribution in [0.3, 0.4) is 0 Å². The van der Waals surface area contributed by atoms with E-state index in [1.54, 1.807) is 0 Å². The van der Waals surface area contributed by atoms with E-state index in [2.05, 4.69) is 28.7 Å². The molecule has 0 spiro atoms. The summed E-state index contributed by atoms with van der Waals surface area (Å²) < 4.78 is 0. The lowest BCUT2D eigenvalue weighted by molar-refractivity contribution is 0.338. The van der Waals surface area contributed by atoms with Gasteiger partial charge < -0.3 is 4.90 Å². The molecule has 1 aromatic rings. The highest BCUT2D eigenvalue weighted by Gasteiger charge is 2.28. The summed E-state index contributed by atoms with van der Waals surface area (Å²) in [5.41, 5.74) is 1.06. The topological polar surface area (TPSA) is 29.0 Å². The molecular formula is C14H23N3. The van der Waals surface area contributed by atoms with Crippen LogP contribution < -0.4 is 4.90 Å². The molecule has 94 valence electrons. The number of nitrogens with zero attached hydrogens (tertiary/aromatic N) is 3. The molecule has 3 nitrogen and oxygen atoms in total. The van der Waals surface area contributed by atoms with Gasteiger partial charge in [-0.05, 0) is 31.2 Å². The van der Waals surface area contributed by atoms with Crippen LogP contribution in [0.25, 0.3) is 0 Å². The Kier molecular flexibility index (Phi) is 3.97. The Morgan fingerprint density at radius 3 is 2.82 bits per heavy atom. The van der Waals surface area contributed by atoms with Gasteiger partial charge in [0.15, 0.2) is 0 Å². The number of aromatic nitrogens is 2. The first-order valence-corrected chi connectivity index (χ1v) is 6.79. The number of hydrogen-bond acceptors (Lipinski definition) is 3. The highest BCUT2D eigenvalue weighted by Crippen LogP contribution is 2.30.